The van der Waals surface area contributed by atoms with E-state index in [0.29, 0.717) is 54.6 Å². The largest absolute Gasteiger partial charge is 0.450 e. The van der Waals surface area contributed by atoms with Crippen molar-refractivity contribution in [3.63, 3.8) is 0 Å². The lowest BCUT2D eigenvalue weighted by Crippen LogP contribution is -2.55. The van der Waals surface area contributed by atoms with E-state index in [1.807, 2.05) is 19.1 Å². The minimum atomic E-state index is -3.95. The first kappa shape index (κ1) is 28.1. The summed E-state index contributed by atoms with van der Waals surface area (Å²) in [5, 5.41) is 0. The molecule has 1 aliphatic carbocycles. The predicted octanol–water partition coefficient (Wildman–Crippen LogP) is 3.20. The van der Waals surface area contributed by atoms with Crippen molar-refractivity contribution in [2.24, 2.45) is 5.92 Å². The zero-order valence-electron chi connectivity index (χ0n) is 23.1. The number of hydrogen-bond donors (Lipinski definition) is 0. The summed E-state index contributed by atoms with van der Waals surface area (Å²) in [6, 6.07) is 8.98. The first-order chi connectivity index (χ1) is 18.6. The first-order valence-corrected chi connectivity index (χ1v) is 14.5. The van der Waals surface area contributed by atoms with Crippen LogP contribution in [0.3, 0.4) is 0 Å². The maximum atomic E-state index is 13.6. The van der Waals surface area contributed by atoms with Gasteiger partial charge in [0.15, 0.2) is 5.60 Å². The number of halogens is 2. The van der Waals surface area contributed by atoms with E-state index in [1.165, 1.54) is 14.0 Å². The van der Waals surface area contributed by atoms with Crippen molar-refractivity contribution in [2.45, 2.75) is 45.6 Å². The van der Waals surface area contributed by atoms with Crippen LogP contribution in [-0.2, 0) is 24.5 Å². The molecule has 1 aromatic carbocycles. The average Bonchev–Trinajstić information content (AvgIpc) is 3.45. The molecule has 1 unspecified atom stereocenters. The topological polar surface area (TPSA) is 103 Å². The lowest BCUT2D eigenvalue weighted by molar-refractivity contribution is -0.168. The number of aromatic nitrogens is 1. The number of alkyl halides is 2. The summed E-state index contributed by atoms with van der Waals surface area (Å²) in [5.41, 5.74) is 1.81. The Morgan fingerprint density at radius 1 is 1.10 bits per heavy atom. The van der Waals surface area contributed by atoms with Gasteiger partial charge in [-0.15, -0.1) is 0 Å². The molecule has 10 nitrogen and oxygen atoms in total. The van der Waals surface area contributed by atoms with E-state index in [0.717, 1.165) is 14.2 Å². The molecule has 5 rings (SSSR count). The molecule has 216 valence electrons. The van der Waals surface area contributed by atoms with Gasteiger partial charge in [-0.25, -0.2) is 13.8 Å². The van der Waals surface area contributed by atoms with Gasteiger partial charge in [0, 0.05) is 64.6 Å². The number of carbonyl (C=O) groups excluding carboxylic acids is 2. The quantitative estimate of drug-likeness (QED) is 0.486. The average molecular weight is 578 g/mol. The summed E-state index contributed by atoms with van der Waals surface area (Å²) < 4.78 is 60.6. The number of aryl methyl sites for hydroxylation is 1. The highest BCUT2D eigenvalue weighted by Crippen LogP contribution is 2.51. The van der Waals surface area contributed by atoms with E-state index in [2.05, 4.69) is 4.90 Å². The Hall–Kier alpha value is -3.48. The minimum absolute atomic E-state index is 0.253. The summed E-state index contributed by atoms with van der Waals surface area (Å²) in [6.45, 7) is 8.02. The minimum Gasteiger partial charge on any atom is -0.450 e. The van der Waals surface area contributed by atoms with Crippen molar-refractivity contribution in [2.75, 3.05) is 53.3 Å². The molecule has 0 N–H and O–H groups in total. The number of ether oxygens (including phenoxy) is 1. The number of fused-ring (bicyclic) bond motifs is 1. The van der Waals surface area contributed by atoms with Gasteiger partial charge in [0.1, 0.15) is 5.82 Å². The number of anilines is 3. The van der Waals surface area contributed by atoms with Gasteiger partial charge in [-0.05, 0) is 44.5 Å². The highest BCUT2D eigenvalue weighted by atomic mass is 32.2. The molecule has 3 heterocycles. The van der Waals surface area contributed by atoms with Crippen molar-refractivity contribution >= 4 is 39.3 Å². The standard InChI is InChI=1S/C27H33F2N5O5S/c1-17-6-9-23(32-10-12-33(13-11-32)25(36)26(3,4)39-18(2)35)30-24(17)19-7-8-21-22(14-19)31(5)40(37,38)34(21)16-20-15-27(20,28)29/h6-9,14,20H,10-13,15-16H2,1-5H3. The molecule has 1 atom stereocenters. The molecule has 40 heavy (non-hydrogen) atoms. The number of hydrogen-bond acceptors (Lipinski definition) is 7. The second-order valence-electron chi connectivity index (χ2n) is 11.1. The van der Waals surface area contributed by atoms with Gasteiger partial charge < -0.3 is 14.5 Å². The van der Waals surface area contributed by atoms with Crippen molar-refractivity contribution in [3.8, 4) is 11.3 Å². The van der Waals surface area contributed by atoms with Gasteiger partial charge >= 0.3 is 16.2 Å². The molecule has 2 fully saturated rings. The lowest BCUT2D eigenvalue weighted by atomic mass is 10.0. The third-order valence-electron chi connectivity index (χ3n) is 7.71. The van der Waals surface area contributed by atoms with E-state index in [1.54, 1.807) is 36.9 Å². The molecule has 1 saturated carbocycles. The van der Waals surface area contributed by atoms with E-state index < -0.39 is 33.6 Å². The van der Waals surface area contributed by atoms with Crippen LogP contribution < -0.4 is 13.5 Å². The molecule has 1 aromatic heterocycles. The summed E-state index contributed by atoms with van der Waals surface area (Å²) in [5.74, 6) is -3.86. The normalized spacial score (nSPS) is 21.3. The molecular formula is C27H33F2N5O5S. The van der Waals surface area contributed by atoms with E-state index >= 15 is 0 Å². The number of pyridine rings is 1. The number of amides is 1. The smallest absolute Gasteiger partial charge is 0.326 e. The molecule has 3 aliphatic rings. The zero-order chi connectivity index (χ0) is 29.2. The van der Waals surface area contributed by atoms with Crippen LogP contribution in [-0.4, -0.2) is 81.5 Å². The maximum absolute atomic E-state index is 13.6. The fourth-order valence-electron chi connectivity index (χ4n) is 5.30. The molecule has 1 saturated heterocycles. The summed E-state index contributed by atoms with van der Waals surface area (Å²) in [6.07, 6.45) is -0.307. The van der Waals surface area contributed by atoms with Gasteiger partial charge in [0.05, 0.1) is 17.1 Å². The number of carbonyl (C=O) groups is 2. The lowest BCUT2D eigenvalue weighted by Gasteiger charge is -2.38. The van der Waals surface area contributed by atoms with Gasteiger partial charge in [-0.1, -0.05) is 12.1 Å². The molecule has 0 spiro atoms. The van der Waals surface area contributed by atoms with Crippen LogP contribution in [0.5, 0.6) is 0 Å². The van der Waals surface area contributed by atoms with Gasteiger partial charge in [-0.2, -0.15) is 8.42 Å². The van der Waals surface area contributed by atoms with Crippen molar-refractivity contribution in [1.29, 1.82) is 0 Å². The van der Waals surface area contributed by atoms with Crippen molar-refractivity contribution in [3.05, 3.63) is 35.9 Å². The van der Waals surface area contributed by atoms with Gasteiger partial charge in [-0.3, -0.25) is 18.2 Å². The third kappa shape index (κ3) is 4.95. The first-order valence-electron chi connectivity index (χ1n) is 13.1. The second kappa shape index (κ2) is 9.57. The monoisotopic (exact) mass is 577 g/mol. The van der Waals surface area contributed by atoms with Gasteiger partial charge in [0.2, 0.25) is 0 Å². The number of piperazine rings is 1. The van der Waals surface area contributed by atoms with Crippen LogP contribution in [0.2, 0.25) is 0 Å². The highest BCUT2D eigenvalue weighted by molar-refractivity contribution is 7.94. The molecule has 1 amide bonds. The van der Waals surface area contributed by atoms with Crippen LogP contribution >= 0.6 is 0 Å². The fourth-order valence-corrected chi connectivity index (χ4v) is 6.76. The number of esters is 1. The van der Waals surface area contributed by atoms with Crippen LogP contribution in [0.4, 0.5) is 26.0 Å². The van der Waals surface area contributed by atoms with Crippen LogP contribution in [0.25, 0.3) is 11.3 Å². The molecule has 0 bridgehead atoms. The molecule has 2 aliphatic heterocycles. The Balaban J connectivity index is 1.35. The Bertz CT molecular complexity index is 1470. The van der Waals surface area contributed by atoms with Crippen LogP contribution in [0.15, 0.2) is 30.3 Å². The molecule has 0 radical (unpaired) electrons. The molecule has 2 aromatic rings. The second-order valence-corrected chi connectivity index (χ2v) is 13.0. The summed E-state index contributed by atoms with van der Waals surface area (Å²) in [7, 11) is -2.53. The predicted molar refractivity (Wildman–Crippen MR) is 147 cm³/mol. The van der Waals surface area contributed by atoms with Crippen molar-refractivity contribution < 1.29 is 31.5 Å². The van der Waals surface area contributed by atoms with E-state index in [4.69, 9.17) is 9.72 Å². The summed E-state index contributed by atoms with van der Waals surface area (Å²) >= 11 is 0. The SMILES string of the molecule is CC(=O)OC(C)(C)C(=O)N1CCN(c2ccc(C)c(-c3ccc4c(c3)N(C)S(=O)(=O)N4CC3CC3(F)F)n2)CC1. The van der Waals surface area contributed by atoms with E-state index in [9.17, 15) is 26.8 Å². The number of nitrogens with zero attached hydrogens (tertiary/aromatic N) is 5. The fraction of sp³-hybridized carbons (Fsp3) is 0.519. The Morgan fingerprint density at radius 2 is 1.75 bits per heavy atom. The van der Waals surface area contributed by atoms with Gasteiger partial charge in [0.25, 0.3) is 11.8 Å². The van der Waals surface area contributed by atoms with Crippen molar-refractivity contribution in [1.82, 2.24) is 9.88 Å². The van der Waals surface area contributed by atoms with E-state index in [-0.39, 0.29) is 18.9 Å². The number of benzene rings is 1. The zero-order valence-corrected chi connectivity index (χ0v) is 24.0. The Kier molecular flexibility index (Phi) is 6.71. The Morgan fingerprint density at radius 3 is 2.35 bits per heavy atom. The number of rotatable bonds is 6. The maximum Gasteiger partial charge on any atom is 0.326 e. The summed E-state index contributed by atoms with van der Waals surface area (Å²) in [4.78, 5) is 32.9. The third-order valence-corrected chi connectivity index (χ3v) is 9.50. The molecular weight excluding hydrogens is 544 g/mol. The van der Waals surface area contributed by atoms with Crippen LogP contribution in [0, 0.1) is 12.8 Å². The Labute approximate surface area is 232 Å². The highest BCUT2D eigenvalue weighted by Gasteiger charge is 2.59. The van der Waals surface area contributed by atoms with Crippen LogP contribution in [0.1, 0.15) is 32.8 Å². The molecule has 13 heteroatoms.